The summed E-state index contributed by atoms with van der Waals surface area (Å²) in [6, 6.07) is 2.44. The van der Waals surface area contributed by atoms with E-state index in [0.717, 1.165) is 19.0 Å². The van der Waals surface area contributed by atoms with Gasteiger partial charge in [-0.15, -0.1) is 0 Å². The number of nitrogen functional groups attached to an aromatic ring is 1. The van der Waals surface area contributed by atoms with Crippen molar-refractivity contribution in [3.05, 3.63) is 22.4 Å². The molecule has 0 aliphatic heterocycles. The second-order valence-corrected chi connectivity index (χ2v) is 7.31. The van der Waals surface area contributed by atoms with Gasteiger partial charge in [0.15, 0.2) is 5.82 Å². The van der Waals surface area contributed by atoms with E-state index in [9.17, 15) is 12.8 Å². The highest BCUT2D eigenvalue weighted by Crippen LogP contribution is 2.25. The summed E-state index contributed by atoms with van der Waals surface area (Å²) in [4.78, 5) is 1.58. The SMILES string of the molecule is CN(C)CCCCNS(=O)(=O)c1cc(N)cc(Br)c1F. The molecule has 0 aliphatic carbocycles. The van der Waals surface area contributed by atoms with Crippen LogP contribution >= 0.6 is 15.9 Å². The number of nitrogens with two attached hydrogens (primary N) is 1. The first-order valence-electron chi connectivity index (χ1n) is 6.13. The molecule has 8 heteroatoms. The number of anilines is 1. The molecule has 0 aromatic heterocycles. The largest absolute Gasteiger partial charge is 0.399 e. The Kier molecular flexibility index (Phi) is 6.38. The Morgan fingerprint density at radius 2 is 2.00 bits per heavy atom. The van der Waals surface area contributed by atoms with Crippen LogP contribution in [0.15, 0.2) is 21.5 Å². The number of nitrogens with zero attached hydrogens (tertiary/aromatic N) is 1. The Morgan fingerprint density at radius 1 is 1.35 bits per heavy atom. The maximum atomic E-state index is 13.8. The van der Waals surface area contributed by atoms with E-state index >= 15 is 0 Å². The van der Waals surface area contributed by atoms with Crippen LogP contribution in [0.4, 0.5) is 10.1 Å². The molecule has 0 radical (unpaired) electrons. The summed E-state index contributed by atoms with van der Waals surface area (Å²) in [5.41, 5.74) is 5.73. The number of nitrogens with one attached hydrogen (secondary N) is 1. The fraction of sp³-hybridized carbons (Fsp3) is 0.500. The van der Waals surface area contributed by atoms with E-state index in [2.05, 4.69) is 20.7 Å². The number of hydrogen-bond donors (Lipinski definition) is 2. The van der Waals surface area contributed by atoms with Gasteiger partial charge in [0.05, 0.1) is 4.47 Å². The van der Waals surface area contributed by atoms with Crippen molar-refractivity contribution in [3.63, 3.8) is 0 Å². The topological polar surface area (TPSA) is 75.4 Å². The van der Waals surface area contributed by atoms with E-state index in [-0.39, 0.29) is 16.7 Å². The van der Waals surface area contributed by atoms with Crippen LogP contribution in [-0.2, 0) is 10.0 Å². The van der Waals surface area contributed by atoms with Crippen molar-refractivity contribution in [2.45, 2.75) is 17.7 Å². The number of halogens is 2. The number of sulfonamides is 1. The fourth-order valence-electron chi connectivity index (χ4n) is 1.62. The van der Waals surface area contributed by atoms with Crippen LogP contribution in [0.25, 0.3) is 0 Å². The predicted octanol–water partition coefficient (Wildman–Crippen LogP) is 1.79. The van der Waals surface area contributed by atoms with Crippen molar-refractivity contribution in [1.82, 2.24) is 9.62 Å². The highest BCUT2D eigenvalue weighted by molar-refractivity contribution is 9.10. The molecule has 0 atom stereocenters. The summed E-state index contributed by atoms with van der Waals surface area (Å²) in [5, 5.41) is 0. The minimum atomic E-state index is -3.89. The molecule has 0 unspecified atom stereocenters. The molecular weight excluding hydrogens is 349 g/mol. The van der Waals surface area contributed by atoms with Crippen molar-refractivity contribution in [2.24, 2.45) is 0 Å². The van der Waals surface area contributed by atoms with Crippen LogP contribution in [0.3, 0.4) is 0 Å². The van der Waals surface area contributed by atoms with E-state index in [1.165, 1.54) is 6.07 Å². The second kappa shape index (κ2) is 7.35. The van der Waals surface area contributed by atoms with Gasteiger partial charge in [0.25, 0.3) is 0 Å². The molecule has 20 heavy (non-hydrogen) atoms. The maximum absolute atomic E-state index is 13.8. The second-order valence-electron chi connectivity index (χ2n) is 4.72. The lowest BCUT2D eigenvalue weighted by atomic mass is 10.3. The van der Waals surface area contributed by atoms with Gasteiger partial charge >= 0.3 is 0 Å². The van der Waals surface area contributed by atoms with Gasteiger partial charge in [-0.3, -0.25) is 0 Å². The molecule has 0 fully saturated rings. The lowest BCUT2D eigenvalue weighted by Crippen LogP contribution is -2.26. The Bertz CT molecular complexity index is 564. The monoisotopic (exact) mass is 367 g/mol. The third kappa shape index (κ3) is 5.01. The molecule has 0 aliphatic rings. The van der Waals surface area contributed by atoms with Crippen LogP contribution in [0.2, 0.25) is 0 Å². The quantitative estimate of drug-likeness (QED) is 0.569. The van der Waals surface area contributed by atoms with Gasteiger partial charge in [0.1, 0.15) is 4.90 Å². The van der Waals surface area contributed by atoms with Gasteiger partial charge in [-0.25, -0.2) is 17.5 Å². The molecule has 5 nitrogen and oxygen atoms in total. The van der Waals surface area contributed by atoms with Gasteiger partial charge in [-0.1, -0.05) is 0 Å². The average Bonchev–Trinajstić information content (AvgIpc) is 2.32. The van der Waals surface area contributed by atoms with E-state index < -0.39 is 20.7 Å². The molecule has 0 spiro atoms. The number of unbranched alkanes of at least 4 members (excludes halogenated alkanes) is 1. The van der Waals surface area contributed by atoms with Crippen LogP contribution in [-0.4, -0.2) is 40.5 Å². The number of hydrogen-bond acceptors (Lipinski definition) is 4. The van der Waals surface area contributed by atoms with E-state index in [0.29, 0.717) is 6.42 Å². The van der Waals surface area contributed by atoms with Gasteiger partial charge in [-0.2, -0.15) is 0 Å². The molecule has 0 saturated carbocycles. The zero-order chi connectivity index (χ0) is 15.3. The Hall–Kier alpha value is -0.700. The summed E-state index contributed by atoms with van der Waals surface area (Å²) in [7, 11) is 0.0112. The van der Waals surface area contributed by atoms with E-state index in [1.807, 2.05) is 19.0 Å². The van der Waals surface area contributed by atoms with Crippen LogP contribution in [0.1, 0.15) is 12.8 Å². The predicted molar refractivity (Wildman–Crippen MR) is 81.5 cm³/mol. The Morgan fingerprint density at radius 3 is 2.60 bits per heavy atom. The van der Waals surface area contributed by atoms with Crippen LogP contribution in [0.5, 0.6) is 0 Å². The molecule has 0 amide bonds. The maximum Gasteiger partial charge on any atom is 0.243 e. The van der Waals surface area contributed by atoms with E-state index in [4.69, 9.17) is 5.73 Å². The van der Waals surface area contributed by atoms with Crippen molar-refractivity contribution < 1.29 is 12.8 Å². The lowest BCUT2D eigenvalue weighted by Gasteiger charge is -2.11. The van der Waals surface area contributed by atoms with Gasteiger partial charge in [0.2, 0.25) is 10.0 Å². The van der Waals surface area contributed by atoms with Gasteiger partial charge < -0.3 is 10.6 Å². The molecule has 114 valence electrons. The minimum Gasteiger partial charge on any atom is -0.399 e. The summed E-state index contributed by atoms with van der Waals surface area (Å²) in [5.74, 6) is -0.833. The third-order valence-electron chi connectivity index (χ3n) is 2.63. The summed E-state index contributed by atoms with van der Waals surface area (Å²) in [6.45, 7) is 1.14. The smallest absolute Gasteiger partial charge is 0.243 e. The standard InChI is InChI=1S/C12H19BrFN3O2S/c1-17(2)6-4-3-5-16-20(18,19)11-8-9(15)7-10(13)12(11)14/h7-8,16H,3-6,15H2,1-2H3. The zero-order valence-corrected chi connectivity index (χ0v) is 13.9. The molecule has 1 aromatic rings. The van der Waals surface area contributed by atoms with Crippen LogP contribution < -0.4 is 10.5 Å². The molecule has 0 bridgehead atoms. The molecular formula is C12H19BrFN3O2S. The number of rotatable bonds is 7. The first kappa shape index (κ1) is 17.4. The fourth-order valence-corrected chi connectivity index (χ4v) is 3.43. The average molecular weight is 368 g/mol. The van der Waals surface area contributed by atoms with Crippen molar-refractivity contribution >= 4 is 31.6 Å². The highest BCUT2D eigenvalue weighted by Gasteiger charge is 2.21. The van der Waals surface area contributed by atoms with Crippen molar-refractivity contribution in [1.29, 1.82) is 0 Å². The van der Waals surface area contributed by atoms with Gasteiger partial charge in [0, 0.05) is 12.2 Å². The normalized spacial score (nSPS) is 12.1. The molecule has 3 N–H and O–H groups in total. The highest BCUT2D eigenvalue weighted by atomic mass is 79.9. The minimum absolute atomic E-state index is 0.0329. The summed E-state index contributed by atoms with van der Waals surface area (Å²) >= 11 is 2.95. The van der Waals surface area contributed by atoms with Crippen molar-refractivity contribution in [2.75, 3.05) is 32.9 Å². The van der Waals surface area contributed by atoms with Gasteiger partial charge in [-0.05, 0) is 61.5 Å². The summed E-state index contributed by atoms with van der Waals surface area (Å²) < 4.78 is 40.3. The first-order valence-corrected chi connectivity index (χ1v) is 8.40. The Labute approximate surface area is 127 Å². The number of benzene rings is 1. The van der Waals surface area contributed by atoms with Crippen molar-refractivity contribution in [3.8, 4) is 0 Å². The molecule has 1 aromatic carbocycles. The van der Waals surface area contributed by atoms with Crippen LogP contribution in [0, 0.1) is 5.82 Å². The lowest BCUT2D eigenvalue weighted by molar-refractivity contribution is 0.394. The Balaban J connectivity index is 2.70. The zero-order valence-electron chi connectivity index (χ0n) is 11.5. The van der Waals surface area contributed by atoms with E-state index in [1.54, 1.807) is 0 Å². The first-order chi connectivity index (χ1) is 9.24. The summed E-state index contributed by atoms with van der Waals surface area (Å²) in [6.07, 6.45) is 1.54. The molecule has 0 heterocycles. The molecule has 1 rings (SSSR count). The molecule has 0 saturated heterocycles. The third-order valence-corrected chi connectivity index (χ3v) is 4.67.